The first-order chi connectivity index (χ1) is 11.3. The highest BCUT2D eigenvalue weighted by Gasteiger charge is 2.44. The molecule has 1 saturated carbocycles. The molecule has 2 fully saturated rings. The van der Waals surface area contributed by atoms with Gasteiger partial charge in [0.25, 0.3) is 0 Å². The summed E-state index contributed by atoms with van der Waals surface area (Å²) in [6, 6.07) is 18.8. The van der Waals surface area contributed by atoms with Crippen LogP contribution >= 0.6 is 0 Å². The molecule has 1 aromatic heterocycles. The van der Waals surface area contributed by atoms with Crippen molar-refractivity contribution >= 4 is 11.0 Å². The second kappa shape index (κ2) is 6.17. The molecular formula is C20H23N3. The van der Waals surface area contributed by atoms with E-state index in [2.05, 4.69) is 45.2 Å². The van der Waals surface area contributed by atoms with Crippen molar-refractivity contribution in [3.05, 3.63) is 66.0 Å². The highest BCUT2D eigenvalue weighted by molar-refractivity contribution is 5.74. The average molecular weight is 305 g/mol. The Hall–Kier alpha value is -2.13. The van der Waals surface area contributed by atoms with Gasteiger partial charge in [0.2, 0.25) is 0 Å². The molecule has 0 spiro atoms. The minimum Gasteiger partial charge on any atom is -0.342 e. The fourth-order valence-corrected chi connectivity index (χ4v) is 3.55. The molecule has 3 nitrogen and oxygen atoms in total. The van der Waals surface area contributed by atoms with Gasteiger partial charge in [-0.1, -0.05) is 42.5 Å². The third-order valence-electron chi connectivity index (χ3n) is 4.81. The molecule has 3 aromatic rings. The maximum atomic E-state index is 4.26. The third kappa shape index (κ3) is 3.45. The zero-order valence-electron chi connectivity index (χ0n) is 13.6. The number of aryl methyl sites for hydroxylation is 1. The molecule has 2 atom stereocenters. The topological polar surface area (TPSA) is 31.9 Å². The number of likely N-dealkylation sites (tertiary alicyclic amines) is 1. The van der Waals surface area contributed by atoms with Crippen LogP contribution in [0.15, 0.2) is 54.6 Å². The average Bonchev–Trinajstić information content (AvgIpc) is 3.00. The molecule has 2 aliphatic rings. The minimum atomic E-state index is 0.973. The minimum absolute atomic E-state index is 0.973. The number of piperidine rings is 1. The lowest BCUT2D eigenvalue weighted by Gasteiger charge is -2.16. The number of nitrogens with one attached hydrogen (secondary N) is 1. The number of aromatic amines is 1. The van der Waals surface area contributed by atoms with Gasteiger partial charge in [0.15, 0.2) is 0 Å². The molecule has 2 heterocycles. The number of aromatic nitrogens is 2. The summed E-state index contributed by atoms with van der Waals surface area (Å²) < 4.78 is 0. The number of rotatable bonds is 2. The monoisotopic (exact) mass is 305 g/mol. The van der Waals surface area contributed by atoms with Gasteiger partial charge < -0.3 is 4.98 Å². The number of nitrogens with zero attached hydrogens (tertiary/aromatic N) is 2. The summed E-state index contributed by atoms with van der Waals surface area (Å²) in [6.45, 7) is 5.81. The van der Waals surface area contributed by atoms with Crippen LogP contribution in [0.3, 0.4) is 0 Å². The molecule has 1 aliphatic heterocycles. The lowest BCUT2D eigenvalue weighted by molar-refractivity contribution is 0.297. The van der Waals surface area contributed by atoms with Crippen LogP contribution in [0.25, 0.3) is 11.0 Å². The van der Waals surface area contributed by atoms with Gasteiger partial charge in [0, 0.05) is 19.6 Å². The van der Waals surface area contributed by atoms with E-state index in [4.69, 9.17) is 0 Å². The highest BCUT2D eigenvalue weighted by atomic mass is 15.2. The molecule has 3 heteroatoms. The van der Waals surface area contributed by atoms with E-state index < -0.39 is 0 Å². The number of hydrogen-bond acceptors (Lipinski definition) is 2. The van der Waals surface area contributed by atoms with E-state index in [0.717, 1.165) is 35.2 Å². The molecule has 2 unspecified atom stereocenters. The van der Waals surface area contributed by atoms with Crippen LogP contribution < -0.4 is 0 Å². The Labute approximate surface area is 137 Å². The van der Waals surface area contributed by atoms with E-state index in [0.29, 0.717) is 0 Å². The van der Waals surface area contributed by atoms with Crippen LogP contribution in [0.1, 0.15) is 17.8 Å². The summed E-state index contributed by atoms with van der Waals surface area (Å²) in [5, 5.41) is 0. The molecule has 0 amide bonds. The van der Waals surface area contributed by atoms with Gasteiger partial charge in [0.05, 0.1) is 11.0 Å². The van der Waals surface area contributed by atoms with Crippen LogP contribution in [-0.2, 0) is 6.54 Å². The first kappa shape index (κ1) is 14.5. The zero-order valence-corrected chi connectivity index (χ0v) is 13.6. The largest absolute Gasteiger partial charge is 0.342 e. The van der Waals surface area contributed by atoms with Gasteiger partial charge in [-0.2, -0.15) is 0 Å². The van der Waals surface area contributed by atoms with Crippen LogP contribution in [0.5, 0.6) is 0 Å². The standard InChI is InChI=1S/C12H15N.C8H8N2/c1-2-4-10(5-3-1)7-13-8-11-6-12(11)9-13;1-6-9-7-4-2-3-5-8(7)10-6/h1-5,11-12H,6-9H2;2-5H,1H3,(H,9,10). The van der Waals surface area contributed by atoms with E-state index in [1.165, 1.54) is 25.1 Å². The molecule has 23 heavy (non-hydrogen) atoms. The van der Waals surface area contributed by atoms with Crippen LogP contribution in [0, 0.1) is 18.8 Å². The van der Waals surface area contributed by atoms with Gasteiger partial charge >= 0.3 is 0 Å². The molecule has 1 aliphatic carbocycles. The Kier molecular flexibility index (Phi) is 3.88. The third-order valence-corrected chi connectivity index (χ3v) is 4.81. The molecule has 5 rings (SSSR count). The van der Waals surface area contributed by atoms with Crippen LogP contribution in [-0.4, -0.2) is 28.0 Å². The number of fused-ring (bicyclic) bond motifs is 2. The summed E-state index contributed by atoms with van der Waals surface area (Å²) in [4.78, 5) is 10.00. The first-order valence-electron chi connectivity index (χ1n) is 8.45. The molecule has 0 radical (unpaired) electrons. The summed E-state index contributed by atoms with van der Waals surface area (Å²) in [5.41, 5.74) is 3.61. The van der Waals surface area contributed by atoms with E-state index in [-0.39, 0.29) is 0 Å². The fraction of sp³-hybridized carbons (Fsp3) is 0.350. The van der Waals surface area contributed by atoms with Crippen molar-refractivity contribution in [2.75, 3.05) is 13.1 Å². The van der Waals surface area contributed by atoms with Crippen molar-refractivity contribution in [2.24, 2.45) is 11.8 Å². The Morgan fingerprint density at radius 3 is 2.43 bits per heavy atom. The van der Waals surface area contributed by atoms with E-state index in [1.807, 2.05) is 31.2 Å². The Bertz CT molecular complexity index is 735. The Balaban J connectivity index is 0.000000122. The van der Waals surface area contributed by atoms with Gasteiger partial charge in [-0.05, 0) is 42.9 Å². The molecule has 0 bridgehead atoms. The molecule has 1 N–H and O–H groups in total. The second-order valence-electron chi connectivity index (χ2n) is 6.77. The van der Waals surface area contributed by atoms with Crippen LogP contribution in [0.4, 0.5) is 0 Å². The van der Waals surface area contributed by atoms with Gasteiger partial charge in [0.1, 0.15) is 5.82 Å². The smallest absolute Gasteiger partial charge is 0.104 e. The normalized spacial score (nSPS) is 22.5. The lowest BCUT2D eigenvalue weighted by Crippen LogP contribution is -2.21. The number of benzene rings is 2. The van der Waals surface area contributed by atoms with E-state index >= 15 is 0 Å². The highest BCUT2D eigenvalue weighted by Crippen LogP contribution is 2.45. The maximum absolute atomic E-state index is 4.26. The number of para-hydroxylation sites is 2. The van der Waals surface area contributed by atoms with Crippen molar-refractivity contribution in [3.63, 3.8) is 0 Å². The Morgan fingerprint density at radius 2 is 1.70 bits per heavy atom. The van der Waals surface area contributed by atoms with Crippen molar-refractivity contribution in [3.8, 4) is 0 Å². The van der Waals surface area contributed by atoms with Crippen molar-refractivity contribution in [2.45, 2.75) is 19.9 Å². The zero-order chi connectivity index (χ0) is 15.6. The maximum Gasteiger partial charge on any atom is 0.104 e. The second-order valence-corrected chi connectivity index (χ2v) is 6.77. The van der Waals surface area contributed by atoms with Gasteiger partial charge in [-0.15, -0.1) is 0 Å². The number of imidazole rings is 1. The molecule has 2 aromatic carbocycles. The number of H-pyrrole nitrogens is 1. The van der Waals surface area contributed by atoms with Crippen molar-refractivity contribution in [1.82, 2.24) is 14.9 Å². The van der Waals surface area contributed by atoms with E-state index in [9.17, 15) is 0 Å². The molecule has 118 valence electrons. The first-order valence-corrected chi connectivity index (χ1v) is 8.45. The summed E-state index contributed by atoms with van der Waals surface area (Å²) in [7, 11) is 0. The predicted octanol–water partition coefficient (Wildman–Crippen LogP) is 4.01. The van der Waals surface area contributed by atoms with Gasteiger partial charge in [-0.3, -0.25) is 4.90 Å². The van der Waals surface area contributed by atoms with Crippen molar-refractivity contribution in [1.29, 1.82) is 0 Å². The summed E-state index contributed by atoms with van der Waals surface area (Å²) >= 11 is 0. The molecular weight excluding hydrogens is 282 g/mol. The fourth-order valence-electron chi connectivity index (χ4n) is 3.55. The Morgan fingerprint density at radius 1 is 1.00 bits per heavy atom. The predicted molar refractivity (Wildman–Crippen MR) is 94.1 cm³/mol. The van der Waals surface area contributed by atoms with E-state index in [1.54, 1.807) is 0 Å². The van der Waals surface area contributed by atoms with Gasteiger partial charge in [-0.25, -0.2) is 4.98 Å². The number of hydrogen-bond donors (Lipinski definition) is 1. The summed E-state index contributed by atoms with van der Waals surface area (Å²) in [5.74, 6) is 3.09. The van der Waals surface area contributed by atoms with Crippen molar-refractivity contribution < 1.29 is 0 Å². The summed E-state index contributed by atoms with van der Waals surface area (Å²) in [6.07, 6.45) is 1.51. The quantitative estimate of drug-likeness (QED) is 0.776. The van der Waals surface area contributed by atoms with Crippen LogP contribution in [0.2, 0.25) is 0 Å². The lowest BCUT2D eigenvalue weighted by atomic mass is 10.2. The molecule has 1 saturated heterocycles. The SMILES string of the molecule is Cc1nc2ccccc2[nH]1.c1ccc(CN2CC3CC3C2)cc1.